The van der Waals surface area contributed by atoms with Gasteiger partial charge in [0.1, 0.15) is 0 Å². The van der Waals surface area contributed by atoms with E-state index in [4.69, 9.17) is 0 Å². The molecule has 1 aliphatic carbocycles. The van der Waals surface area contributed by atoms with Crippen molar-refractivity contribution in [3.8, 4) is 0 Å². The van der Waals surface area contributed by atoms with E-state index in [0.29, 0.717) is 19.0 Å². The third kappa shape index (κ3) is 4.12. The number of thioether (sulfide) groups is 1. The first-order valence-electron chi connectivity index (χ1n) is 6.65. The Morgan fingerprint density at radius 3 is 2.63 bits per heavy atom. The van der Waals surface area contributed by atoms with Crippen LogP contribution in [0, 0.1) is 5.92 Å². The summed E-state index contributed by atoms with van der Waals surface area (Å²) in [6.45, 7) is 1.26. The molecule has 1 saturated heterocycles. The van der Waals surface area contributed by atoms with Gasteiger partial charge >= 0.3 is 6.03 Å². The van der Waals surface area contributed by atoms with Crippen LogP contribution in [0.2, 0.25) is 0 Å². The summed E-state index contributed by atoms with van der Waals surface area (Å²) in [6, 6.07) is -0.223. The van der Waals surface area contributed by atoms with Crippen LogP contribution in [0.15, 0.2) is 0 Å². The Kier molecular flexibility index (Phi) is 5.07. The van der Waals surface area contributed by atoms with Gasteiger partial charge in [-0.05, 0) is 18.8 Å². The van der Waals surface area contributed by atoms with Crippen molar-refractivity contribution in [2.24, 2.45) is 5.92 Å². The molecule has 0 atom stereocenters. The van der Waals surface area contributed by atoms with Gasteiger partial charge in [0.15, 0.2) is 0 Å². The molecule has 4 amide bonds. The van der Waals surface area contributed by atoms with E-state index < -0.39 is 0 Å². The quantitative estimate of drug-likeness (QED) is 0.795. The van der Waals surface area contributed by atoms with Gasteiger partial charge in [-0.25, -0.2) is 4.79 Å². The van der Waals surface area contributed by atoms with Crippen molar-refractivity contribution in [1.82, 2.24) is 15.5 Å². The predicted molar refractivity (Wildman–Crippen MR) is 72.9 cm³/mol. The molecule has 0 bridgehead atoms. The lowest BCUT2D eigenvalue weighted by molar-refractivity contribution is -0.124. The Morgan fingerprint density at radius 1 is 1.26 bits per heavy atom. The average molecular weight is 285 g/mol. The van der Waals surface area contributed by atoms with Gasteiger partial charge in [0.2, 0.25) is 5.91 Å². The highest BCUT2D eigenvalue weighted by atomic mass is 32.2. The van der Waals surface area contributed by atoms with Gasteiger partial charge in [-0.1, -0.05) is 24.6 Å². The molecule has 0 aromatic carbocycles. The molecular weight excluding hydrogens is 266 g/mol. The molecule has 1 heterocycles. The van der Waals surface area contributed by atoms with Gasteiger partial charge in [0, 0.05) is 19.6 Å². The maximum absolute atomic E-state index is 11.5. The number of carbonyl (C=O) groups is 3. The lowest BCUT2D eigenvalue weighted by Gasteiger charge is -2.14. The van der Waals surface area contributed by atoms with Gasteiger partial charge in [0.05, 0.1) is 5.75 Å². The van der Waals surface area contributed by atoms with E-state index in [1.807, 2.05) is 0 Å². The first-order chi connectivity index (χ1) is 9.16. The second-order valence-electron chi connectivity index (χ2n) is 4.89. The van der Waals surface area contributed by atoms with Crippen LogP contribution in [-0.4, -0.2) is 47.5 Å². The summed E-state index contributed by atoms with van der Waals surface area (Å²) in [4.78, 5) is 35.3. The Hall–Kier alpha value is -1.24. The van der Waals surface area contributed by atoms with Crippen LogP contribution in [0.4, 0.5) is 9.59 Å². The normalized spacial score (nSPS) is 20.1. The van der Waals surface area contributed by atoms with Crippen molar-refractivity contribution in [2.45, 2.75) is 25.7 Å². The molecule has 0 aromatic rings. The zero-order valence-electron chi connectivity index (χ0n) is 10.8. The first-order valence-corrected chi connectivity index (χ1v) is 7.64. The highest BCUT2D eigenvalue weighted by Crippen LogP contribution is 2.23. The van der Waals surface area contributed by atoms with Crippen molar-refractivity contribution in [3.05, 3.63) is 0 Å². The van der Waals surface area contributed by atoms with E-state index in [1.54, 1.807) is 0 Å². The number of urea groups is 1. The third-order valence-electron chi connectivity index (χ3n) is 3.49. The van der Waals surface area contributed by atoms with E-state index in [1.165, 1.54) is 30.6 Å². The topological polar surface area (TPSA) is 78.5 Å². The van der Waals surface area contributed by atoms with E-state index in [0.717, 1.165) is 11.8 Å². The summed E-state index contributed by atoms with van der Waals surface area (Å²) in [5.74, 6) is 0.638. The number of hydrogen-bond acceptors (Lipinski definition) is 4. The summed E-state index contributed by atoms with van der Waals surface area (Å²) < 4.78 is 0. The summed E-state index contributed by atoms with van der Waals surface area (Å²) in [6.07, 6.45) is 4.89. The van der Waals surface area contributed by atoms with Crippen LogP contribution in [0.25, 0.3) is 0 Å². The second kappa shape index (κ2) is 6.79. The van der Waals surface area contributed by atoms with Gasteiger partial charge in [0.25, 0.3) is 5.24 Å². The molecular formula is C12H19N3O3S. The molecule has 7 heteroatoms. The average Bonchev–Trinajstić information content (AvgIpc) is 3.00. The molecule has 2 aliphatic rings. The first kappa shape index (κ1) is 14.2. The van der Waals surface area contributed by atoms with Gasteiger partial charge in [-0.2, -0.15) is 0 Å². The molecule has 0 unspecified atom stereocenters. The van der Waals surface area contributed by atoms with Crippen LogP contribution in [0.3, 0.4) is 0 Å². The van der Waals surface area contributed by atoms with E-state index >= 15 is 0 Å². The van der Waals surface area contributed by atoms with Crippen LogP contribution in [0.5, 0.6) is 0 Å². The van der Waals surface area contributed by atoms with Gasteiger partial charge < -0.3 is 10.6 Å². The molecule has 2 fully saturated rings. The molecule has 0 aromatic heterocycles. The molecule has 0 spiro atoms. The largest absolute Gasteiger partial charge is 0.338 e. The number of nitrogens with zero attached hydrogens (tertiary/aromatic N) is 1. The Labute approximate surface area is 116 Å². The highest BCUT2D eigenvalue weighted by Gasteiger charge is 2.29. The van der Waals surface area contributed by atoms with Gasteiger partial charge in [-0.15, -0.1) is 0 Å². The molecule has 6 nitrogen and oxygen atoms in total. The molecule has 1 saturated carbocycles. The molecule has 0 radical (unpaired) electrons. The fraction of sp³-hybridized carbons (Fsp3) is 0.750. The van der Waals surface area contributed by atoms with E-state index in [2.05, 4.69) is 10.6 Å². The van der Waals surface area contributed by atoms with Crippen LogP contribution in [-0.2, 0) is 4.79 Å². The van der Waals surface area contributed by atoms with Crippen molar-refractivity contribution in [1.29, 1.82) is 0 Å². The number of amides is 4. The Balaban J connectivity index is 1.58. The molecule has 1 aliphatic heterocycles. The molecule has 19 heavy (non-hydrogen) atoms. The third-order valence-corrected chi connectivity index (χ3v) is 4.35. The smallest absolute Gasteiger partial charge is 0.314 e. The SMILES string of the molecule is O=C(NCCN1C(=O)CSC1=O)NCC1CCCC1. The number of imide groups is 1. The summed E-state index contributed by atoms with van der Waals surface area (Å²) in [5.41, 5.74) is 0. The Morgan fingerprint density at radius 2 is 2.00 bits per heavy atom. The number of hydrogen-bond donors (Lipinski definition) is 2. The van der Waals surface area contributed by atoms with Crippen LogP contribution in [0.1, 0.15) is 25.7 Å². The van der Waals surface area contributed by atoms with Gasteiger partial charge in [-0.3, -0.25) is 14.5 Å². The van der Waals surface area contributed by atoms with Crippen LogP contribution >= 0.6 is 11.8 Å². The summed E-state index contributed by atoms with van der Waals surface area (Å²) >= 11 is 1.01. The van der Waals surface area contributed by atoms with Crippen molar-refractivity contribution in [2.75, 3.05) is 25.4 Å². The minimum Gasteiger partial charge on any atom is -0.338 e. The highest BCUT2D eigenvalue weighted by molar-refractivity contribution is 8.14. The number of rotatable bonds is 5. The fourth-order valence-electron chi connectivity index (χ4n) is 2.39. The standard InChI is InChI=1S/C12H19N3O3S/c16-10-8-19-12(18)15(10)6-5-13-11(17)14-7-9-3-1-2-4-9/h9H,1-8H2,(H2,13,14,17). The minimum atomic E-state index is -0.224. The van der Waals surface area contributed by atoms with Crippen LogP contribution < -0.4 is 10.6 Å². The predicted octanol–water partition coefficient (Wildman–Crippen LogP) is 1.17. The summed E-state index contributed by atoms with van der Waals surface area (Å²) in [5, 5.41) is 5.27. The number of carbonyl (C=O) groups excluding carboxylic acids is 3. The maximum Gasteiger partial charge on any atom is 0.314 e. The maximum atomic E-state index is 11.5. The van der Waals surface area contributed by atoms with E-state index in [9.17, 15) is 14.4 Å². The zero-order valence-corrected chi connectivity index (χ0v) is 11.6. The summed E-state index contributed by atoms with van der Waals surface area (Å²) in [7, 11) is 0. The van der Waals surface area contributed by atoms with Crippen molar-refractivity contribution in [3.63, 3.8) is 0 Å². The lowest BCUT2D eigenvalue weighted by atomic mass is 10.1. The van der Waals surface area contributed by atoms with Crippen molar-refractivity contribution < 1.29 is 14.4 Å². The minimum absolute atomic E-state index is 0.178. The van der Waals surface area contributed by atoms with E-state index in [-0.39, 0.29) is 29.5 Å². The molecule has 106 valence electrons. The Bertz CT molecular complexity index is 353. The second-order valence-corrected chi connectivity index (χ2v) is 5.81. The monoisotopic (exact) mass is 285 g/mol. The zero-order chi connectivity index (χ0) is 13.7. The molecule has 2 N–H and O–H groups in total. The van der Waals surface area contributed by atoms with Crippen molar-refractivity contribution >= 4 is 28.9 Å². The fourth-order valence-corrected chi connectivity index (χ4v) is 3.14. The lowest BCUT2D eigenvalue weighted by Crippen LogP contribution is -2.42. The number of nitrogens with one attached hydrogen (secondary N) is 2. The molecule has 2 rings (SSSR count).